The van der Waals surface area contributed by atoms with Gasteiger partial charge in [0.25, 0.3) is 23.6 Å². The molecule has 0 bridgehead atoms. The Morgan fingerprint density at radius 3 is 1.84 bits per heavy atom. The number of benzene rings is 4. The van der Waals surface area contributed by atoms with Crippen molar-refractivity contribution in [1.82, 2.24) is 10.6 Å². The van der Waals surface area contributed by atoms with Crippen LogP contribution in [0.2, 0.25) is 0 Å². The van der Waals surface area contributed by atoms with Gasteiger partial charge < -0.3 is 10.6 Å². The second kappa shape index (κ2) is 12.8. The highest BCUT2D eigenvalue weighted by Gasteiger charge is 2.37. The highest BCUT2D eigenvalue weighted by molar-refractivity contribution is 6.34. The number of nitrogens with one attached hydrogen (secondary N) is 2. The largest absolute Gasteiger partial charge is 0.355 e. The van der Waals surface area contributed by atoms with Crippen LogP contribution in [-0.4, -0.2) is 37.7 Å². The number of carbonyl (C=O) groups is 4. The number of rotatable bonds is 5. The molecule has 7 nitrogen and oxygen atoms in total. The highest BCUT2D eigenvalue weighted by atomic mass is 16.2. The Morgan fingerprint density at radius 1 is 0.689 bits per heavy atom. The van der Waals surface area contributed by atoms with Crippen LogP contribution in [0.1, 0.15) is 84.0 Å². The topological polar surface area (TPSA) is 95.6 Å². The summed E-state index contributed by atoms with van der Waals surface area (Å²) in [6.45, 7) is 4.25. The Labute approximate surface area is 262 Å². The lowest BCUT2D eigenvalue weighted by Crippen LogP contribution is -2.30. The highest BCUT2D eigenvalue weighted by Crippen LogP contribution is 2.31. The fraction of sp³-hybridized carbons (Fsp3) is 0.158. The van der Waals surface area contributed by atoms with Crippen molar-refractivity contribution in [3.05, 3.63) is 136 Å². The van der Waals surface area contributed by atoms with Gasteiger partial charge in [0.05, 0.1) is 22.2 Å². The predicted octanol–water partition coefficient (Wildman–Crippen LogP) is 5.33. The van der Waals surface area contributed by atoms with E-state index >= 15 is 0 Å². The summed E-state index contributed by atoms with van der Waals surface area (Å²) in [5, 5.41) is 5.01. The normalized spacial score (nSPS) is 13.0. The molecule has 1 aliphatic rings. The van der Waals surface area contributed by atoms with Crippen LogP contribution < -0.4 is 15.5 Å². The molecule has 0 radical (unpaired) electrons. The second-order valence-electron chi connectivity index (χ2n) is 10.8. The van der Waals surface area contributed by atoms with Crippen molar-refractivity contribution in [3.8, 4) is 23.7 Å². The summed E-state index contributed by atoms with van der Waals surface area (Å²) < 4.78 is 0. The summed E-state index contributed by atoms with van der Waals surface area (Å²) in [5.74, 6) is 11.0. The lowest BCUT2D eigenvalue weighted by Gasteiger charge is -2.22. The standard InChI is InChI=1S/C38H31N3O4/c1-5-38(2,20-19-25-9-7-6-8-10-25)30-16-13-26(14-17-30)11-12-27-15-18-32-33(21-27)37(45)41(36(32)44)31-23-28(34(42)39-3)22-29(24-31)35(43)40-4/h6-10,13-18,21-24H,5H2,1-4H3,(H,39,42)(H,40,43). The average Bonchev–Trinajstić information content (AvgIpc) is 3.34. The van der Waals surface area contributed by atoms with Gasteiger partial charge in [0.15, 0.2) is 0 Å². The number of imide groups is 1. The third-order valence-corrected chi connectivity index (χ3v) is 7.88. The van der Waals surface area contributed by atoms with Crippen molar-refractivity contribution < 1.29 is 19.2 Å². The number of hydrogen-bond donors (Lipinski definition) is 2. The van der Waals surface area contributed by atoms with Crippen LogP contribution in [0.3, 0.4) is 0 Å². The Bertz CT molecular complexity index is 1920. The van der Waals surface area contributed by atoms with E-state index in [1.54, 1.807) is 18.2 Å². The quantitative estimate of drug-likeness (QED) is 0.242. The summed E-state index contributed by atoms with van der Waals surface area (Å²) in [5.41, 5.74) is 3.95. The molecule has 1 atom stereocenters. The smallest absolute Gasteiger partial charge is 0.266 e. The van der Waals surface area contributed by atoms with Crippen molar-refractivity contribution in [2.75, 3.05) is 19.0 Å². The zero-order chi connectivity index (χ0) is 32.1. The first-order chi connectivity index (χ1) is 21.7. The molecule has 4 aromatic carbocycles. The van der Waals surface area contributed by atoms with E-state index in [1.807, 2.05) is 54.6 Å². The molecule has 0 aliphatic carbocycles. The first-order valence-corrected chi connectivity index (χ1v) is 14.5. The fourth-order valence-corrected chi connectivity index (χ4v) is 5.01. The van der Waals surface area contributed by atoms with E-state index in [0.717, 1.165) is 28.0 Å². The van der Waals surface area contributed by atoms with Gasteiger partial charge in [-0.2, -0.15) is 0 Å². The molecule has 1 heterocycles. The molecular weight excluding hydrogens is 562 g/mol. The predicted molar refractivity (Wildman–Crippen MR) is 174 cm³/mol. The first kappa shape index (κ1) is 30.5. The van der Waals surface area contributed by atoms with Crippen molar-refractivity contribution in [3.63, 3.8) is 0 Å². The van der Waals surface area contributed by atoms with E-state index in [9.17, 15) is 19.2 Å². The van der Waals surface area contributed by atoms with Crippen LogP contribution in [0.4, 0.5) is 5.69 Å². The second-order valence-corrected chi connectivity index (χ2v) is 10.8. The van der Waals surface area contributed by atoms with Gasteiger partial charge in [-0.15, -0.1) is 0 Å². The maximum absolute atomic E-state index is 13.5. The van der Waals surface area contributed by atoms with Gasteiger partial charge in [0, 0.05) is 41.9 Å². The van der Waals surface area contributed by atoms with E-state index in [4.69, 9.17) is 0 Å². The monoisotopic (exact) mass is 593 g/mol. The van der Waals surface area contributed by atoms with Crippen LogP contribution in [0.5, 0.6) is 0 Å². The van der Waals surface area contributed by atoms with Crippen molar-refractivity contribution >= 4 is 29.3 Å². The molecule has 0 aromatic heterocycles. The lowest BCUT2D eigenvalue weighted by atomic mass is 9.80. The van der Waals surface area contributed by atoms with Crippen LogP contribution in [0, 0.1) is 23.7 Å². The molecule has 0 spiro atoms. The van der Waals surface area contributed by atoms with Crippen LogP contribution in [0.15, 0.2) is 91.0 Å². The average molecular weight is 594 g/mol. The van der Waals surface area contributed by atoms with Crippen molar-refractivity contribution in [1.29, 1.82) is 0 Å². The summed E-state index contributed by atoms with van der Waals surface area (Å²) in [6.07, 6.45) is 0.847. The molecule has 7 heteroatoms. The Hall–Kier alpha value is -5.92. The Morgan fingerprint density at radius 2 is 1.24 bits per heavy atom. The van der Waals surface area contributed by atoms with Crippen molar-refractivity contribution in [2.24, 2.45) is 0 Å². The number of carbonyl (C=O) groups excluding carboxylic acids is 4. The van der Waals surface area contributed by atoms with E-state index in [0.29, 0.717) is 5.56 Å². The molecule has 0 saturated heterocycles. The zero-order valence-corrected chi connectivity index (χ0v) is 25.4. The molecule has 222 valence electrons. The minimum absolute atomic E-state index is 0.126. The van der Waals surface area contributed by atoms with Gasteiger partial charge in [-0.25, -0.2) is 4.90 Å². The van der Waals surface area contributed by atoms with Crippen LogP contribution >= 0.6 is 0 Å². The first-order valence-electron chi connectivity index (χ1n) is 14.5. The number of amides is 4. The third-order valence-electron chi connectivity index (χ3n) is 7.88. The van der Waals surface area contributed by atoms with Crippen molar-refractivity contribution in [2.45, 2.75) is 25.7 Å². The molecule has 2 N–H and O–H groups in total. The lowest BCUT2D eigenvalue weighted by molar-refractivity contribution is 0.0916. The molecule has 5 rings (SSSR count). The fourth-order valence-electron chi connectivity index (χ4n) is 5.01. The summed E-state index contributed by atoms with van der Waals surface area (Å²) in [7, 11) is 2.91. The van der Waals surface area contributed by atoms with Crippen LogP contribution in [0.25, 0.3) is 0 Å². The van der Waals surface area contributed by atoms with E-state index in [-0.39, 0.29) is 33.4 Å². The SMILES string of the molecule is CCC(C)(C#Cc1ccccc1)c1ccc(C#Cc2ccc3c(c2)C(=O)N(c2cc(C(=O)NC)cc(C(=O)NC)c2)C3=O)cc1. The Balaban J connectivity index is 1.39. The van der Waals surface area contributed by atoms with E-state index in [2.05, 4.69) is 48.2 Å². The van der Waals surface area contributed by atoms with E-state index < -0.39 is 23.6 Å². The summed E-state index contributed by atoms with van der Waals surface area (Å²) in [6, 6.07) is 27.0. The molecular formula is C38H31N3O4. The molecule has 1 unspecified atom stereocenters. The van der Waals surface area contributed by atoms with Gasteiger partial charge in [0.2, 0.25) is 0 Å². The summed E-state index contributed by atoms with van der Waals surface area (Å²) in [4.78, 5) is 52.5. The zero-order valence-electron chi connectivity index (χ0n) is 25.4. The molecule has 0 saturated carbocycles. The molecule has 4 amide bonds. The maximum Gasteiger partial charge on any atom is 0.266 e. The molecule has 1 aliphatic heterocycles. The van der Waals surface area contributed by atoms with Gasteiger partial charge in [0.1, 0.15) is 0 Å². The van der Waals surface area contributed by atoms with Gasteiger partial charge in [-0.1, -0.05) is 60.9 Å². The molecule has 0 fully saturated rings. The van der Waals surface area contributed by atoms with Gasteiger partial charge >= 0.3 is 0 Å². The number of anilines is 1. The summed E-state index contributed by atoms with van der Waals surface area (Å²) >= 11 is 0. The molecule has 45 heavy (non-hydrogen) atoms. The minimum Gasteiger partial charge on any atom is -0.355 e. The number of fused-ring (bicyclic) bond motifs is 1. The van der Waals surface area contributed by atoms with Crippen LogP contribution in [-0.2, 0) is 5.41 Å². The maximum atomic E-state index is 13.5. The Kier molecular flexibility index (Phi) is 8.65. The number of hydrogen-bond acceptors (Lipinski definition) is 4. The molecule has 4 aromatic rings. The minimum atomic E-state index is -0.560. The van der Waals surface area contributed by atoms with E-state index in [1.165, 1.54) is 32.3 Å². The number of nitrogens with zero attached hydrogens (tertiary/aromatic N) is 1. The third kappa shape index (κ3) is 6.25. The van der Waals surface area contributed by atoms with Gasteiger partial charge in [-0.3, -0.25) is 19.2 Å². The van der Waals surface area contributed by atoms with Gasteiger partial charge in [-0.05, 0) is 79.6 Å².